The predicted octanol–water partition coefficient (Wildman–Crippen LogP) is 3.27. The summed E-state index contributed by atoms with van der Waals surface area (Å²) in [6.45, 7) is 2.30. The van der Waals surface area contributed by atoms with Crippen LogP contribution in [0.4, 0.5) is 0 Å². The molecule has 1 fully saturated rings. The molecule has 4 heterocycles. The van der Waals surface area contributed by atoms with Crippen LogP contribution in [-0.4, -0.2) is 73.7 Å². The lowest BCUT2D eigenvalue weighted by atomic mass is 9.81. The number of rotatable bonds is 7. The Morgan fingerprint density at radius 3 is 2.83 bits per heavy atom. The average Bonchev–Trinajstić information content (AvgIpc) is 3.65. The zero-order valence-corrected chi connectivity index (χ0v) is 24.3. The van der Waals surface area contributed by atoms with Crippen LogP contribution in [0.25, 0.3) is 16.7 Å². The van der Waals surface area contributed by atoms with E-state index in [2.05, 4.69) is 27.0 Å². The molecule has 2 aliphatic rings. The molecule has 1 aliphatic heterocycles. The summed E-state index contributed by atoms with van der Waals surface area (Å²) in [6.07, 6.45) is 10.4. The quantitative estimate of drug-likeness (QED) is 0.238. The molecule has 0 atom stereocenters. The third-order valence-electron chi connectivity index (χ3n) is 7.91. The van der Waals surface area contributed by atoms with Crippen molar-refractivity contribution >= 4 is 26.6 Å². The summed E-state index contributed by atoms with van der Waals surface area (Å²) in [5.74, 6) is 9.78. The number of aromatic nitrogens is 6. The third kappa shape index (κ3) is 6.31. The zero-order chi connectivity index (χ0) is 29.1. The minimum Gasteiger partial charge on any atom is -0.493 e. The number of nitrogens with zero attached hydrogens (tertiary/aromatic N) is 7. The highest BCUT2D eigenvalue weighted by atomic mass is 32.2. The van der Waals surface area contributed by atoms with Gasteiger partial charge in [0.15, 0.2) is 5.82 Å². The van der Waals surface area contributed by atoms with E-state index in [0.717, 1.165) is 49.0 Å². The second-order valence-electron chi connectivity index (χ2n) is 11.0. The van der Waals surface area contributed by atoms with Crippen molar-refractivity contribution in [2.24, 2.45) is 11.8 Å². The maximum atomic E-state index is 13.1. The Morgan fingerprint density at radius 2 is 2.00 bits per heavy atom. The topological polar surface area (TPSA) is 125 Å². The summed E-state index contributed by atoms with van der Waals surface area (Å²) in [5.41, 5.74) is 0.921. The largest absolute Gasteiger partial charge is 0.493 e. The molecule has 3 aromatic heterocycles. The maximum Gasteiger partial charge on any atom is 0.226 e. The van der Waals surface area contributed by atoms with Crippen LogP contribution in [0.5, 0.6) is 5.75 Å². The molecule has 220 valence electrons. The molecule has 1 saturated carbocycles. The van der Waals surface area contributed by atoms with Gasteiger partial charge >= 0.3 is 0 Å². The number of sulfone groups is 1. The molecule has 11 nitrogen and oxygen atoms in total. The van der Waals surface area contributed by atoms with Gasteiger partial charge in [-0.25, -0.2) is 18.4 Å². The van der Waals surface area contributed by atoms with Gasteiger partial charge in [0.25, 0.3) is 0 Å². The fraction of sp³-hybridized carbons (Fsp3) is 0.433. The highest BCUT2D eigenvalue weighted by molar-refractivity contribution is 7.90. The molecule has 4 aromatic rings. The fourth-order valence-corrected chi connectivity index (χ4v) is 6.32. The van der Waals surface area contributed by atoms with Gasteiger partial charge in [-0.05, 0) is 62.3 Å². The second kappa shape index (κ2) is 11.9. The Kier molecular flexibility index (Phi) is 7.93. The molecule has 1 aliphatic carbocycles. The lowest BCUT2D eigenvalue weighted by Gasteiger charge is -2.33. The first-order valence-electron chi connectivity index (χ1n) is 14.2. The summed E-state index contributed by atoms with van der Waals surface area (Å²) < 4.78 is 32.7. The lowest BCUT2D eigenvalue weighted by Crippen LogP contribution is -2.42. The average molecular weight is 590 g/mol. The van der Waals surface area contributed by atoms with E-state index >= 15 is 0 Å². The first kappa shape index (κ1) is 27.9. The maximum absolute atomic E-state index is 13.1. The monoisotopic (exact) mass is 589 g/mol. The van der Waals surface area contributed by atoms with E-state index in [0.29, 0.717) is 43.5 Å². The standard InChI is InChI=1S/C30H33N7O4S.H2/c1-42(39,40)19-3-18-41-26-5-2-4-25-24(26)13-15-37(25)28-12-14-31-27(33-28)11-8-22-6-9-23(10-7-22)30(38)35-16-17-36-21-32-34-29(36)20-35;/h2,4-5,12-15,21-23H,3,6-7,9-10,16-20H2,1H3;1H. The van der Waals surface area contributed by atoms with Gasteiger partial charge in [-0.15, -0.1) is 10.2 Å². The molecule has 0 spiro atoms. The Hall–Kier alpha value is -4.24. The van der Waals surface area contributed by atoms with E-state index in [1.165, 1.54) is 6.26 Å². The SMILES string of the molecule is CS(=O)(=O)CCCOc1cccc2c1ccn2-c1ccnc(C#CC2CCC(C(=O)N3CCn4cnnc4C3)CC2)n1.[HH]. The van der Waals surface area contributed by atoms with Gasteiger partial charge in [0.1, 0.15) is 27.7 Å². The molecule has 0 unspecified atom stereocenters. The van der Waals surface area contributed by atoms with Crippen LogP contribution in [0.1, 0.15) is 45.2 Å². The lowest BCUT2D eigenvalue weighted by molar-refractivity contribution is -0.138. The Labute approximate surface area is 246 Å². The van der Waals surface area contributed by atoms with Crippen LogP contribution in [0.15, 0.2) is 49.1 Å². The predicted molar refractivity (Wildman–Crippen MR) is 159 cm³/mol. The second-order valence-corrected chi connectivity index (χ2v) is 13.2. The van der Waals surface area contributed by atoms with E-state index in [-0.39, 0.29) is 24.9 Å². The van der Waals surface area contributed by atoms with Crippen LogP contribution < -0.4 is 4.74 Å². The van der Waals surface area contributed by atoms with Crippen LogP contribution >= 0.6 is 0 Å². The summed E-state index contributed by atoms with van der Waals surface area (Å²) >= 11 is 0. The number of ether oxygens (including phenoxy) is 1. The first-order valence-corrected chi connectivity index (χ1v) is 16.3. The van der Waals surface area contributed by atoms with Gasteiger partial charge in [0, 0.05) is 50.4 Å². The van der Waals surface area contributed by atoms with E-state index in [1.54, 1.807) is 12.5 Å². The van der Waals surface area contributed by atoms with Crippen molar-refractivity contribution in [1.82, 2.24) is 34.2 Å². The number of fused-ring (bicyclic) bond motifs is 2. The van der Waals surface area contributed by atoms with E-state index in [9.17, 15) is 13.2 Å². The summed E-state index contributed by atoms with van der Waals surface area (Å²) in [4.78, 5) is 24.1. The van der Waals surface area contributed by atoms with E-state index in [1.807, 2.05) is 50.6 Å². The van der Waals surface area contributed by atoms with Crippen molar-refractivity contribution in [3.05, 3.63) is 60.7 Å². The van der Waals surface area contributed by atoms with Crippen LogP contribution in [-0.2, 0) is 27.7 Å². The number of carbonyl (C=O) groups excluding carboxylic acids is 1. The van der Waals surface area contributed by atoms with Gasteiger partial charge in [-0.3, -0.25) is 4.79 Å². The highest BCUT2D eigenvalue weighted by Crippen LogP contribution is 2.31. The van der Waals surface area contributed by atoms with Crippen molar-refractivity contribution in [2.45, 2.75) is 45.2 Å². The molecule has 42 heavy (non-hydrogen) atoms. The van der Waals surface area contributed by atoms with Crippen LogP contribution in [0.3, 0.4) is 0 Å². The van der Waals surface area contributed by atoms with Gasteiger partial charge < -0.3 is 18.8 Å². The normalized spacial score (nSPS) is 18.7. The van der Waals surface area contributed by atoms with Crippen LogP contribution in [0.2, 0.25) is 0 Å². The molecular formula is C30H35N7O4S. The van der Waals surface area contributed by atoms with Crippen molar-refractivity contribution in [3.63, 3.8) is 0 Å². The summed E-state index contributed by atoms with van der Waals surface area (Å²) in [6, 6.07) is 9.57. The van der Waals surface area contributed by atoms with Gasteiger partial charge in [-0.2, -0.15) is 0 Å². The van der Waals surface area contributed by atoms with Gasteiger partial charge in [0.05, 0.1) is 24.4 Å². The van der Waals surface area contributed by atoms with Crippen LogP contribution in [0, 0.1) is 23.7 Å². The number of hydrogen-bond acceptors (Lipinski definition) is 8. The molecule has 0 saturated heterocycles. The Morgan fingerprint density at radius 1 is 1.14 bits per heavy atom. The van der Waals surface area contributed by atoms with Crippen molar-refractivity contribution < 1.29 is 19.4 Å². The third-order valence-corrected chi connectivity index (χ3v) is 8.94. The minimum atomic E-state index is -3.02. The number of benzene rings is 1. The Bertz CT molecular complexity index is 1770. The van der Waals surface area contributed by atoms with E-state index < -0.39 is 9.84 Å². The number of carbonyl (C=O) groups is 1. The summed E-state index contributed by atoms with van der Waals surface area (Å²) in [7, 11) is -3.02. The van der Waals surface area contributed by atoms with Gasteiger partial charge in [-0.1, -0.05) is 12.0 Å². The fourth-order valence-electron chi connectivity index (χ4n) is 5.68. The van der Waals surface area contributed by atoms with Crippen molar-refractivity contribution in [3.8, 4) is 23.4 Å². The number of amides is 1. The van der Waals surface area contributed by atoms with E-state index in [4.69, 9.17) is 9.72 Å². The van der Waals surface area contributed by atoms with Gasteiger partial charge in [0.2, 0.25) is 11.7 Å². The van der Waals surface area contributed by atoms with Crippen molar-refractivity contribution in [2.75, 3.05) is 25.2 Å². The molecule has 1 amide bonds. The van der Waals surface area contributed by atoms with Crippen molar-refractivity contribution in [1.29, 1.82) is 0 Å². The molecular weight excluding hydrogens is 554 g/mol. The minimum absolute atomic E-state index is 0. The number of hydrogen-bond donors (Lipinski definition) is 0. The Balaban J connectivity index is 0.00000368. The zero-order valence-electron chi connectivity index (χ0n) is 23.5. The molecule has 12 heteroatoms. The first-order chi connectivity index (χ1) is 20.3. The molecule has 1 aromatic carbocycles. The highest BCUT2D eigenvalue weighted by Gasteiger charge is 2.31. The molecule has 6 rings (SSSR count). The summed E-state index contributed by atoms with van der Waals surface area (Å²) in [5, 5.41) is 8.99. The molecule has 0 N–H and O–H groups in total. The smallest absolute Gasteiger partial charge is 0.226 e. The molecule has 0 bridgehead atoms. The molecule has 0 radical (unpaired) electrons.